The Morgan fingerprint density at radius 2 is 1.68 bits per heavy atom. The molecule has 2 aromatic carbocycles. The van der Waals surface area contributed by atoms with E-state index in [2.05, 4.69) is 15.0 Å². The Balaban J connectivity index is 1.93. The van der Waals surface area contributed by atoms with Crippen LogP contribution in [0.25, 0.3) is 5.69 Å². The van der Waals surface area contributed by atoms with Crippen molar-refractivity contribution in [2.75, 3.05) is 12.4 Å². The van der Waals surface area contributed by atoms with Gasteiger partial charge in [-0.25, -0.2) is 4.98 Å². The highest BCUT2D eigenvalue weighted by Gasteiger charge is 2.15. The minimum Gasteiger partial charge on any atom is -0.469 e. The SMILES string of the molecule is COC(=O)Cc1cn(-c2ccccc2)c(NC(=O)c2ccccc2)n1. The molecule has 0 aliphatic rings. The zero-order chi connectivity index (χ0) is 17.6. The largest absolute Gasteiger partial charge is 0.469 e. The van der Waals surface area contributed by atoms with Crippen molar-refractivity contribution < 1.29 is 14.3 Å². The normalized spacial score (nSPS) is 10.3. The van der Waals surface area contributed by atoms with E-state index in [1.807, 2.05) is 36.4 Å². The van der Waals surface area contributed by atoms with Crippen LogP contribution < -0.4 is 5.32 Å². The van der Waals surface area contributed by atoms with Crippen LogP contribution in [0, 0.1) is 0 Å². The van der Waals surface area contributed by atoms with Gasteiger partial charge in [0.05, 0.1) is 19.2 Å². The highest BCUT2D eigenvalue weighted by molar-refractivity contribution is 6.03. The smallest absolute Gasteiger partial charge is 0.311 e. The molecule has 1 heterocycles. The van der Waals surface area contributed by atoms with Crippen molar-refractivity contribution in [3.05, 3.63) is 78.1 Å². The lowest BCUT2D eigenvalue weighted by Crippen LogP contribution is -2.15. The number of aromatic nitrogens is 2. The number of amides is 1. The molecule has 3 rings (SSSR count). The number of nitrogens with one attached hydrogen (secondary N) is 1. The first-order valence-electron chi connectivity index (χ1n) is 7.74. The number of methoxy groups -OCH3 is 1. The zero-order valence-corrected chi connectivity index (χ0v) is 13.7. The van der Waals surface area contributed by atoms with Crippen LogP contribution in [0.5, 0.6) is 0 Å². The van der Waals surface area contributed by atoms with Gasteiger partial charge in [-0.1, -0.05) is 36.4 Å². The van der Waals surface area contributed by atoms with Crippen molar-refractivity contribution in [2.24, 2.45) is 0 Å². The van der Waals surface area contributed by atoms with Crippen LogP contribution in [0.3, 0.4) is 0 Å². The van der Waals surface area contributed by atoms with E-state index >= 15 is 0 Å². The number of esters is 1. The zero-order valence-electron chi connectivity index (χ0n) is 13.7. The summed E-state index contributed by atoms with van der Waals surface area (Å²) in [6.07, 6.45) is 1.75. The molecule has 126 valence electrons. The molecule has 0 radical (unpaired) electrons. The predicted molar refractivity (Wildman–Crippen MR) is 93.7 cm³/mol. The summed E-state index contributed by atoms with van der Waals surface area (Å²) < 4.78 is 6.42. The highest BCUT2D eigenvalue weighted by atomic mass is 16.5. The number of hydrogen-bond acceptors (Lipinski definition) is 4. The lowest BCUT2D eigenvalue weighted by atomic mass is 10.2. The predicted octanol–water partition coefficient (Wildman–Crippen LogP) is 2.84. The molecule has 0 atom stereocenters. The summed E-state index contributed by atoms with van der Waals surface area (Å²) in [5.74, 6) is -0.314. The molecular weight excluding hydrogens is 318 g/mol. The molecule has 0 spiro atoms. The molecule has 6 nitrogen and oxygen atoms in total. The van der Waals surface area contributed by atoms with Crippen molar-refractivity contribution in [2.45, 2.75) is 6.42 Å². The standard InChI is InChI=1S/C19H17N3O3/c1-25-17(23)12-15-13-22(16-10-6-3-7-11-16)19(20-15)21-18(24)14-8-4-2-5-9-14/h2-11,13H,12H2,1H3,(H,20,21,24). The number of para-hydroxylation sites is 1. The van der Waals surface area contributed by atoms with E-state index in [0.29, 0.717) is 17.2 Å². The maximum absolute atomic E-state index is 12.4. The molecule has 1 N–H and O–H groups in total. The maximum Gasteiger partial charge on any atom is 0.311 e. The van der Waals surface area contributed by atoms with Gasteiger partial charge in [0, 0.05) is 17.4 Å². The van der Waals surface area contributed by atoms with Crippen LogP contribution in [0.15, 0.2) is 66.9 Å². The van der Waals surface area contributed by atoms with E-state index < -0.39 is 5.97 Å². The number of ether oxygens (including phenoxy) is 1. The van der Waals surface area contributed by atoms with Crippen LogP contribution in [0.2, 0.25) is 0 Å². The minimum atomic E-state index is -0.390. The van der Waals surface area contributed by atoms with E-state index in [1.165, 1.54) is 7.11 Å². The van der Waals surface area contributed by atoms with Gasteiger partial charge in [-0.3, -0.25) is 19.5 Å². The Kier molecular flexibility index (Phi) is 4.89. The summed E-state index contributed by atoms with van der Waals surface area (Å²) in [5.41, 5.74) is 1.87. The average Bonchev–Trinajstić information content (AvgIpc) is 3.05. The van der Waals surface area contributed by atoms with Gasteiger partial charge in [-0.15, -0.1) is 0 Å². The molecule has 6 heteroatoms. The van der Waals surface area contributed by atoms with Crippen molar-refractivity contribution in [1.29, 1.82) is 0 Å². The topological polar surface area (TPSA) is 73.2 Å². The number of rotatable bonds is 5. The Hall–Kier alpha value is -3.41. The van der Waals surface area contributed by atoms with Gasteiger partial charge in [0.2, 0.25) is 5.95 Å². The molecule has 3 aromatic rings. The number of carbonyl (C=O) groups excluding carboxylic acids is 2. The molecule has 0 unspecified atom stereocenters. The first-order valence-corrected chi connectivity index (χ1v) is 7.74. The molecule has 0 fully saturated rings. The molecule has 1 aromatic heterocycles. The van der Waals surface area contributed by atoms with E-state index in [0.717, 1.165) is 5.69 Å². The van der Waals surface area contributed by atoms with E-state index in [9.17, 15) is 9.59 Å². The number of hydrogen-bond donors (Lipinski definition) is 1. The molecule has 0 aliphatic heterocycles. The Bertz CT molecular complexity index is 873. The quantitative estimate of drug-likeness (QED) is 0.728. The monoisotopic (exact) mass is 335 g/mol. The summed E-state index contributed by atoms with van der Waals surface area (Å²) >= 11 is 0. The minimum absolute atomic E-state index is 0.0323. The lowest BCUT2D eigenvalue weighted by Gasteiger charge is -2.08. The summed E-state index contributed by atoms with van der Waals surface area (Å²) in [7, 11) is 1.33. The highest BCUT2D eigenvalue weighted by Crippen LogP contribution is 2.18. The van der Waals surface area contributed by atoms with Gasteiger partial charge in [-0.05, 0) is 24.3 Å². The molecule has 0 aliphatic carbocycles. The second kappa shape index (κ2) is 7.44. The van der Waals surface area contributed by atoms with Gasteiger partial charge < -0.3 is 4.74 Å². The van der Waals surface area contributed by atoms with Gasteiger partial charge >= 0.3 is 5.97 Å². The fourth-order valence-corrected chi connectivity index (χ4v) is 2.37. The lowest BCUT2D eigenvalue weighted by molar-refractivity contribution is -0.139. The second-order valence-corrected chi connectivity index (χ2v) is 5.33. The summed E-state index contributed by atoms with van der Waals surface area (Å²) in [6, 6.07) is 18.3. The molecule has 0 saturated heterocycles. The third kappa shape index (κ3) is 3.92. The van der Waals surface area contributed by atoms with Crippen molar-refractivity contribution >= 4 is 17.8 Å². The van der Waals surface area contributed by atoms with Gasteiger partial charge in [0.1, 0.15) is 0 Å². The van der Waals surface area contributed by atoms with Crippen LogP contribution in [-0.4, -0.2) is 28.5 Å². The second-order valence-electron chi connectivity index (χ2n) is 5.33. The third-order valence-electron chi connectivity index (χ3n) is 3.60. The summed E-state index contributed by atoms with van der Waals surface area (Å²) in [4.78, 5) is 28.3. The Morgan fingerprint density at radius 3 is 2.32 bits per heavy atom. The van der Waals surface area contributed by atoms with Crippen molar-refractivity contribution in [3.8, 4) is 5.69 Å². The Morgan fingerprint density at radius 1 is 1.04 bits per heavy atom. The first kappa shape index (κ1) is 16.4. The number of benzene rings is 2. The van der Waals surface area contributed by atoms with Crippen molar-refractivity contribution in [3.63, 3.8) is 0 Å². The Labute approximate surface area is 145 Å². The number of anilines is 1. The van der Waals surface area contributed by atoms with Crippen LogP contribution in [0.1, 0.15) is 16.1 Å². The number of imidazole rings is 1. The summed E-state index contributed by atoms with van der Waals surface area (Å²) in [6.45, 7) is 0. The fourth-order valence-electron chi connectivity index (χ4n) is 2.37. The van der Waals surface area contributed by atoms with Crippen LogP contribution >= 0.6 is 0 Å². The van der Waals surface area contributed by atoms with E-state index in [1.54, 1.807) is 35.0 Å². The van der Waals surface area contributed by atoms with Gasteiger partial charge in [0.25, 0.3) is 5.91 Å². The van der Waals surface area contributed by atoms with Gasteiger partial charge in [-0.2, -0.15) is 0 Å². The first-order chi connectivity index (χ1) is 12.2. The molecule has 25 heavy (non-hydrogen) atoms. The number of carbonyl (C=O) groups is 2. The summed E-state index contributed by atoms with van der Waals surface area (Å²) in [5, 5.41) is 2.80. The van der Waals surface area contributed by atoms with Gasteiger partial charge in [0.15, 0.2) is 0 Å². The molecule has 0 bridgehead atoms. The third-order valence-corrected chi connectivity index (χ3v) is 3.60. The average molecular weight is 335 g/mol. The van der Waals surface area contributed by atoms with Crippen LogP contribution in [-0.2, 0) is 16.0 Å². The molecule has 1 amide bonds. The molecule has 0 saturated carbocycles. The number of nitrogens with zero attached hydrogens (tertiary/aromatic N) is 2. The maximum atomic E-state index is 12.4. The fraction of sp³-hybridized carbons (Fsp3) is 0.105. The van der Waals surface area contributed by atoms with E-state index in [4.69, 9.17) is 0 Å². The molecular formula is C19H17N3O3. The van der Waals surface area contributed by atoms with Crippen LogP contribution in [0.4, 0.5) is 5.95 Å². The van der Waals surface area contributed by atoms with E-state index in [-0.39, 0.29) is 12.3 Å². The van der Waals surface area contributed by atoms with Crippen molar-refractivity contribution in [1.82, 2.24) is 9.55 Å².